The van der Waals surface area contributed by atoms with Crippen LogP contribution in [0, 0.1) is 3.57 Å². The third kappa shape index (κ3) is 4.77. The third-order valence-corrected chi connectivity index (χ3v) is 4.52. The third-order valence-electron chi connectivity index (χ3n) is 3.12. The minimum atomic E-state index is -0.122. The van der Waals surface area contributed by atoms with Crippen molar-refractivity contribution >= 4 is 38.5 Å². The number of rotatable bonds is 6. The van der Waals surface area contributed by atoms with Crippen molar-refractivity contribution in [2.24, 2.45) is 5.84 Å². The van der Waals surface area contributed by atoms with Crippen molar-refractivity contribution in [1.29, 1.82) is 0 Å². The first-order valence-corrected chi connectivity index (χ1v) is 7.73. The smallest absolute Gasteiger partial charge is 0.0623 e. The summed E-state index contributed by atoms with van der Waals surface area (Å²) < 4.78 is 7.73. The summed E-state index contributed by atoms with van der Waals surface area (Å²) in [5, 5.41) is 0. The Balaban J connectivity index is 2.80. The van der Waals surface area contributed by atoms with Gasteiger partial charge in [-0.3, -0.25) is 11.3 Å². The molecular formula is C13H20BrIN2O. The van der Waals surface area contributed by atoms with Crippen LogP contribution in [-0.2, 0) is 4.74 Å². The van der Waals surface area contributed by atoms with Crippen LogP contribution in [0.5, 0.6) is 0 Å². The van der Waals surface area contributed by atoms with E-state index in [0.717, 1.165) is 17.3 Å². The maximum absolute atomic E-state index is 5.68. The van der Waals surface area contributed by atoms with Crippen LogP contribution in [-0.4, -0.2) is 12.7 Å². The van der Waals surface area contributed by atoms with E-state index in [1.54, 1.807) is 7.11 Å². The van der Waals surface area contributed by atoms with Gasteiger partial charge in [0.1, 0.15) is 0 Å². The lowest BCUT2D eigenvalue weighted by molar-refractivity contribution is 0.0116. The van der Waals surface area contributed by atoms with Crippen molar-refractivity contribution in [3.8, 4) is 0 Å². The fourth-order valence-corrected chi connectivity index (χ4v) is 2.74. The van der Waals surface area contributed by atoms with Gasteiger partial charge in [-0.1, -0.05) is 15.9 Å². The molecule has 0 amide bonds. The standard InChI is InChI=1S/C13H20BrIN2O/c1-13(2,18-3)7-6-12(17-16)10-8-9(15)4-5-11(10)14/h4-5,8,12,17H,6-7,16H2,1-3H3. The molecule has 3 N–H and O–H groups in total. The van der Waals surface area contributed by atoms with Gasteiger partial charge in [0.15, 0.2) is 0 Å². The van der Waals surface area contributed by atoms with Gasteiger partial charge in [-0.2, -0.15) is 0 Å². The van der Waals surface area contributed by atoms with Gasteiger partial charge in [0.2, 0.25) is 0 Å². The number of nitrogens with two attached hydrogens (primary N) is 1. The number of hydrazine groups is 1. The number of ether oxygens (including phenoxy) is 1. The van der Waals surface area contributed by atoms with E-state index in [1.165, 1.54) is 9.13 Å². The predicted molar refractivity (Wildman–Crippen MR) is 87.2 cm³/mol. The molecule has 0 aliphatic carbocycles. The second-order valence-corrected chi connectivity index (χ2v) is 6.99. The summed E-state index contributed by atoms with van der Waals surface area (Å²) in [5.74, 6) is 5.68. The van der Waals surface area contributed by atoms with E-state index in [9.17, 15) is 0 Å². The molecule has 1 rings (SSSR count). The normalized spacial score (nSPS) is 13.7. The Labute approximate surface area is 131 Å². The highest BCUT2D eigenvalue weighted by atomic mass is 127. The Bertz CT molecular complexity index is 399. The fraction of sp³-hybridized carbons (Fsp3) is 0.538. The van der Waals surface area contributed by atoms with E-state index in [4.69, 9.17) is 10.6 Å². The lowest BCUT2D eigenvalue weighted by atomic mass is 9.95. The average Bonchev–Trinajstić information content (AvgIpc) is 2.34. The quantitative estimate of drug-likeness (QED) is 0.413. The van der Waals surface area contributed by atoms with E-state index in [-0.39, 0.29) is 11.6 Å². The van der Waals surface area contributed by atoms with E-state index >= 15 is 0 Å². The van der Waals surface area contributed by atoms with Gasteiger partial charge in [-0.05, 0) is 73.0 Å². The van der Waals surface area contributed by atoms with Crippen LogP contribution in [0.2, 0.25) is 0 Å². The minimum Gasteiger partial charge on any atom is -0.379 e. The number of hydrogen-bond donors (Lipinski definition) is 2. The molecule has 3 nitrogen and oxygen atoms in total. The molecule has 0 bridgehead atoms. The number of halogens is 2. The molecule has 0 saturated heterocycles. The molecule has 0 aliphatic heterocycles. The summed E-state index contributed by atoms with van der Waals surface area (Å²) in [4.78, 5) is 0. The Hall–Kier alpha value is 0.310. The zero-order valence-electron chi connectivity index (χ0n) is 11.0. The maximum Gasteiger partial charge on any atom is 0.0623 e. The molecule has 18 heavy (non-hydrogen) atoms. The van der Waals surface area contributed by atoms with Gasteiger partial charge >= 0.3 is 0 Å². The van der Waals surface area contributed by atoms with E-state index in [1.807, 2.05) is 0 Å². The van der Waals surface area contributed by atoms with Crippen LogP contribution in [0.1, 0.15) is 38.3 Å². The zero-order valence-corrected chi connectivity index (χ0v) is 14.7. The molecule has 0 aromatic heterocycles. The average molecular weight is 427 g/mol. The monoisotopic (exact) mass is 426 g/mol. The van der Waals surface area contributed by atoms with E-state index in [0.29, 0.717) is 0 Å². The van der Waals surface area contributed by atoms with Gasteiger partial charge in [-0.15, -0.1) is 0 Å². The summed E-state index contributed by atoms with van der Waals surface area (Å²) in [6.07, 6.45) is 1.87. The topological polar surface area (TPSA) is 47.3 Å². The fourth-order valence-electron chi connectivity index (χ4n) is 1.70. The first kappa shape index (κ1) is 16.4. The van der Waals surface area contributed by atoms with Crippen molar-refractivity contribution in [2.75, 3.05) is 7.11 Å². The van der Waals surface area contributed by atoms with Crippen LogP contribution in [0.25, 0.3) is 0 Å². The number of methoxy groups -OCH3 is 1. The maximum atomic E-state index is 5.68. The van der Waals surface area contributed by atoms with Gasteiger partial charge < -0.3 is 4.74 Å². The Morgan fingerprint density at radius 2 is 2.17 bits per heavy atom. The molecule has 0 radical (unpaired) electrons. The molecule has 1 unspecified atom stereocenters. The van der Waals surface area contributed by atoms with Crippen molar-refractivity contribution in [3.05, 3.63) is 31.8 Å². The van der Waals surface area contributed by atoms with Crippen LogP contribution in [0.3, 0.4) is 0 Å². The van der Waals surface area contributed by atoms with Crippen LogP contribution >= 0.6 is 38.5 Å². The lowest BCUT2D eigenvalue weighted by Gasteiger charge is -2.26. The molecular weight excluding hydrogens is 407 g/mol. The predicted octanol–water partition coefficient (Wildman–Crippen LogP) is 3.76. The van der Waals surface area contributed by atoms with Crippen LogP contribution < -0.4 is 11.3 Å². The summed E-state index contributed by atoms with van der Waals surface area (Å²) in [6.45, 7) is 4.18. The van der Waals surface area contributed by atoms with E-state index < -0.39 is 0 Å². The van der Waals surface area contributed by atoms with Gasteiger partial charge in [0.25, 0.3) is 0 Å². The lowest BCUT2D eigenvalue weighted by Crippen LogP contribution is -2.31. The van der Waals surface area contributed by atoms with Gasteiger partial charge in [0, 0.05) is 21.2 Å². The summed E-state index contributed by atoms with van der Waals surface area (Å²) in [7, 11) is 1.74. The molecule has 0 fully saturated rings. The molecule has 0 saturated carbocycles. The first-order valence-electron chi connectivity index (χ1n) is 5.86. The zero-order chi connectivity index (χ0) is 13.8. The second-order valence-electron chi connectivity index (χ2n) is 4.89. The SMILES string of the molecule is COC(C)(C)CCC(NN)c1cc(I)ccc1Br. The molecule has 1 aromatic carbocycles. The Kier molecular flexibility index (Phi) is 6.54. The van der Waals surface area contributed by atoms with Crippen molar-refractivity contribution in [1.82, 2.24) is 5.43 Å². The van der Waals surface area contributed by atoms with Gasteiger partial charge in [0.05, 0.1) is 5.60 Å². The molecule has 1 aromatic rings. The van der Waals surface area contributed by atoms with Crippen molar-refractivity contribution < 1.29 is 4.74 Å². The molecule has 102 valence electrons. The Morgan fingerprint density at radius 3 is 2.72 bits per heavy atom. The van der Waals surface area contributed by atoms with Crippen LogP contribution in [0.4, 0.5) is 0 Å². The second kappa shape index (κ2) is 7.19. The highest BCUT2D eigenvalue weighted by molar-refractivity contribution is 14.1. The largest absolute Gasteiger partial charge is 0.379 e. The molecule has 0 aliphatic rings. The highest BCUT2D eigenvalue weighted by Gasteiger charge is 2.21. The first-order chi connectivity index (χ1) is 8.39. The molecule has 0 heterocycles. The highest BCUT2D eigenvalue weighted by Crippen LogP contribution is 2.30. The Morgan fingerprint density at radius 1 is 1.50 bits per heavy atom. The summed E-state index contributed by atoms with van der Waals surface area (Å²) in [5.41, 5.74) is 3.96. The minimum absolute atomic E-state index is 0.122. The number of benzene rings is 1. The van der Waals surface area contributed by atoms with E-state index in [2.05, 4.69) is 76.0 Å². The summed E-state index contributed by atoms with van der Waals surface area (Å²) >= 11 is 5.89. The van der Waals surface area contributed by atoms with Crippen molar-refractivity contribution in [3.63, 3.8) is 0 Å². The molecule has 0 spiro atoms. The molecule has 5 heteroatoms. The number of nitrogens with one attached hydrogen (secondary N) is 1. The van der Waals surface area contributed by atoms with Crippen molar-refractivity contribution in [2.45, 2.75) is 38.3 Å². The number of hydrogen-bond acceptors (Lipinski definition) is 3. The van der Waals surface area contributed by atoms with Crippen LogP contribution in [0.15, 0.2) is 22.7 Å². The molecule has 1 atom stereocenters. The van der Waals surface area contributed by atoms with Gasteiger partial charge in [-0.25, -0.2) is 0 Å². The summed E-state index contributed by atoms with van der Waals surface area (Å²) in [6, 6.07) is 6.40.